The van der Waals surface area contributed by atoms with E-state index in [1.54, 1.807) is 6.07 Å². The molecule has 1 heterocycles. The largest absolute Gasteiger partial charge is 0.507 e. The van der Waals surface area contributed by atoms with Gasteiger partial charge in [-0.2, -0.15) is 0 Å². The van der Waals surface area contributed by atoms with Crippen LogP contribution in [0.1, 0.15) is 23.6 Å². The van der Waals surface area contributed by atoms with Crippen molar-refractivity contribution in [3.63, 3.8) is 0 Å². The summed E-state index contributed by atoms with van der Waals surface area (Å²) in [6.45, 7) is 0.430. The SMILES string of the molecule is COCCCN1C(=O)C(=O)/C(=C(/O)c2cc(F)ccc2OC)C1c1ccccc1F. The molecule has 1 atom stereocenters. The lowest BCUT2D eigenvalue weighted by molar-refractivity contribution is -0.140. The van der Waals surface area contributed by atoms with Gasteiger partial charge in [-0.1, -0.05) is 18.2 Å². The molecule has 8 heteroatoms. The highest BCUT2D eigenvalue weighted by molar-refractivity contribution is 6.46. The van der Waals surface area contributed by atoms with E-state index < -0.39 is 35.1 Å². The number of likely N-dealkylation sites (tertiary alicyclic amines) is 1. The number of benzene rings is 2. The molecule has 6 nitrogen and oxygen atoms in total. The van der Waals surface area contributed by atoms with Crippen LogP contribution in [0.3, 0.4) is 0 Å². The van der Waals surface area contributed by atoms with Gasteiger partial charge >= 0.3 is 0 Å². The first-order valence-corrected chi connectivity index (χ1v) is 9.26. The molecule has 3 rings (SSSR count). The first-order valence-electron chi connectivity index (χ1n) is 9.26. The van der Waals surface area contributed by atoms with Crippen LogP contribution in [0.15, 0.2) is 48.0 Å². The quantitative estimate of drug-likeness (QED) is 0.323. The molecule has 0 bridgehead atoms. The number of carbonyl (C=O) groups excluding carboxylic acids is 2. The molecular weight excluding hydrogens is 396 g/mol. The summed E-state index contributed by atoms with van der Waals surface area (Å²) in [7, 11) is 2.82. The number of methoxy groups -OCH3 is 2. The molecule has 2 aromatic rings. The fourth-order valence-electron chi connectivity index (χ4n) is 3.52. The first kappa shape index (κ1) is 21.4. The Balaban J connectivity index is 2.21. The van der Waals surface area contributed by atoms with Gasteiger partial charge in [0.25, 0.3) is 11.7 Å². The number of aliphatic hydroxyl groups is 1. The molecule has 1 unspecified atom stereocenters. The van der Waals surface area contributed by atoms with Gasteiger partial charge in [-0.05, 0) is 30.7 Å². The van der Waals surface area contributed by atoms with Crippen molar-refractivity contribution in [1.82, 2.24) is 4.90 Å². The van der Waals surface area contributed by atoms with E-state index in [0.717, 1.165) is 12.1 Å². The summed E-state index contributed by atoms with van der Waals surface area (Å²) >= 11 is 0. The lowest BCUT2D eigenvalue weighted by Crippen LogP contribution is -2.31. The summed E-state index contributed by atoms with van der Waals surface area (Å²) in [6.07, 6.45) is 0.401. The number of Topliss-reactive ketones (excluding diaryl/α,β-unsaturated/α-hetero) is 1. The van der Waals surface area contributed by atoms with Crippen molar-refractivity contribution in [2.45, 2.75) is 12.5 Å². The summed E-state index contributed by atoms with van der Waals surface area (Å²) in [4.78, 5) is 26.8. The average molecular weight is 417 g/mol. The van der Waals surface area contributed by atoms with Gasteiger partial charge in [0.05, 0.1) is 24.3 Å². The van der Waals surface area contributed by atoms with Crippen LogP contribution in [0.2, 0.25) is 0 Å². The highest BCUT2D eigenvalue weighted by atomic mass is 19.1. The molecule has 1 saturated heterocycles. The fraction of sp³-hybridized carbons (Fsp3) is 0.273. The number of aliphatic hydroxyl groups excluding tert-OH is 1. The molecule has 0 saturated carbocycles. The second-order valence-corrected chi connectivity index (χ2v) is 6.70. The number of carbonyl (C=O) groups is 2. The second kappa shape index (κ2) is 9.04. The molecule has 1 aliphatic rings. The Morgan fingerprint density at radius 3 is 2.53 bits per heavy atom. The number of ketones is 1. The van der Waals surface area contributed by atoms with Crippen molar-refractivity contribution < 1.29 is 33.0 Å². The predicted molar refractivity (Wildman–Crippen MR) is 105 cm³/mol. The van der Waals surface area contributed by atoms with E-state index in [9.17, 15) is 23.5 Å². The summed E-state index contributed by atoms with van der Waals surface area (Å²) in [6, 6.07) is 7.92. The van der Waals surface area contributed by atoms with E-state index in [2.05, 4.69) is 0 Å². The Bertz CT molecular complexity index is 1000. The number of hydrogen-bond acceptors (Lipinski definition) is 5. The van der Waals surface area contributed by atoms with Gasteiger partial charge in [0.1, 0.15) is 23.1 Å². The smallest absolute Gasteiger partial charge is 0.295 e. The Hall–Kier alpha value is -3.26. The minimum Gasteiger partial charge on any atom is -0.507 e. The van der Waals surface area contributed by atoms with Crippen LogP contribution in [0.5, 0.6) is 5.75 Å². The number of amides is 1. The third kappa shape index (κ3) is 3.91. The number of rotatable bonds is 7. The summed E-state index contributed by atoms with van der Waals surface area (Å²) in [5.74, 6) is -3.70. The van der Waals surface area contributed by atoms with Crippen LogP contribution < -0.4 is 4.74 Å². The molecule has 0 aliphatic carbocycles. The molecule has 1 amide bonds. The molecule has 0 aromatic heterocycles. The number of ether oxygens (including phenoxy) is 2. The summed E-state index contributed by atoms with van der Waals surface area (Å²) < 4.78 is 38.6. The second-order valence-electron chi connectivity index (χ2n) is 6.70. The zero-order valence-corrected chi connectivity index (χ0v) is 16.5. The van der Waals surface area contributed by atoms with E-state index in [4.69, 9.17) is 9.47 Å². The van der Waals surface area contributed by atoms with Crippen molar-refractivity contribution in [2.75, 3.05) is 27.4 Å². The molecule has 158 valence electrons. The normalized spacial score (nSPS) is 18.1. The maximum atomic E-state index is 14.6. The predicted octanol–water partition coefficient (Wildman–Crippen LogP) is 3.43. The zero-order valence-electron chi connectivity index (χ0n) is 16.5. The Morgan fingerprint density at radius 1 is 1.13 bits per heavy atom. The third-order valence-corrected chi connectivity index (χ3v) is 4.90. The van der Waals surface area contributed by atoms with Gasteiger partial charge < -0.3 is 19.5 Å². The van der Waals surface area contributed by atoms with Crippen molar-refractivity contribution in [1.29, 1.82) is 0 Å². The zero-order chi connectivity index (χ0) is 21.8. The van der Waals surface area contributed by atoms with Crippen molar-refractivity contribution in [3.8, 4) is 5.75 Å². The van der Waals surface area contributed by atoms with Crippen molar-refractivity contribution in [2.24, 2.45) is 0 Å². The van der Waals surface area contributed by atoms with Gasteiger partial charge in [-0.15, -0.1) is 0 Å². The topological polar surface area (TPSA) is 76.1 Å². The molecule has 0 spiro atoms. The first-order chi connectivity index (χ1) is 14.4. The van der Waals surface area contributed by atoms with E-state index in [-0.39, 0.29) is 29.0 Å². The van der Waals surface area contributed by atoms with Gasteiger partial charge in [0.2, 0.25) is 0 Å². The van der Waals surface area contributed by atoms with Crippen LogP contribution in [0.4, 0.5) is 8.78 Å². The van der Waals surface area contributed by atoms with Gasteiger partial charge in [-0.3, -0.25) is 9.59 Å². The Labute approximate surface area is 172 Å². The van der Waals surface area contributed by atoms with E-state index in [1.807, 2.05) is 0 Å². The number of nitrogens with zero attached hydrogens (tertiary/aromatic N) is 1. The summed E-state index contributed by atoms with van der Waals surface area (Å²) in [5, 5.41) is 10.9. The number of halogens is 2. The minimum absolute atomic E-state index is 0.0473. The maximum Gasteiger partial charge on any atom is 0.295 e. The van der Waals surface area contributed by atoms with Gasteiger partial charge in [0, 0.05) is 25.8 Å². The molecule has 1 N–H and O–H groups in total. The molecule has 1 fully saturated rings. The van der Waals surface area contributed by atoms with Crippen LogP contribution in [0, 0.1) is 11.6 Å². The highest BCUT2D eigenvalue weighted by Gasteiger charge is 2.46. The maximum absolute atomic E-state index is 14.6. The number of hydrogen-bond donors (Lipinski definition) is 1. The van der Waals surface area contributed by atoms with E-state index in [0.29, 0.717) is 13.0 Å². The van der Waals surface area contributed by atoms with Crippen LogP contribution in [-0.4, -0.2) is 49.1 Å². The molecule has 0 radical (unpaired) electrons. The Morgan fingerprint density at radius 2 is 1.87 bits per heavy atom. The van der Waals surface area contributed by atoms with Crippen molar-refractivity contribution in [3.05, 3.63) is 70.8 Å². The van der Waals surface area contributed by atoms with Crippen LogP contribution in [-0.2, 0) is 14.3 Å². The molecule has 30 heavy (non-hydrogen) atoms. The molecule has 1 aliphatic heterocycles. The van der Waals surface area contributed by atoms with Crippen LogP contribution in [0.25, 0.3) is 5.76 Å². The lowest BCUT2D eigenvalue weighted by atomic mass is 9.94. The molecular formula is C22H21F2NO5. The van der Waals surface area contributed by atoms with E-state index in [1.165, 1.54) is 43.4 Å². The standard InChI is InChI=1S/C22H21F2NO5/c1-29-11-5-10-25-19(14-6-3-4-7-16(14)24)18(21(27)22(25)28)20(26)15-12-13(23)8-9-17(15)30-2/h3-4,6-9,12,19,26H,5,10-11H2,1-2H3/b20-18+. The summed E-state index contributed by atoms with van der Waals surface area (Å²) in [5.41, 5.74) is -0.383. The van der Waals surface area contributed by atoms with Crippen LogP contribution >= 0.6 is 0 Å². The highest BCUT2D eigenvalue weighted by Crippen LogP contribution is 2.41. The minimum atomic E-state index is -1.17. The van der Waals surface area contributed by atoms with E-state index >= 15 is 0 Å². The van der Waals surface area contributed by atoms with Gasteiger partial charge in [0.15, 0.2) is 0 Å². The lowest BCUT2D eigenvalue weighted by Gasteiger charge is -2.25. The third-order valence-electron chi connectivity index (χ3n) is 4.90. The van der Waals surface area contributed by atoms with Crippen molar-refractivity contribution >= 4 is 17.4 Å². The molecule has 2 aromatic carbocycles. The average Bonchev–Trinajstić information content (AvgIpc) is 2.98. The monoisotopic (exact) mass is 417 g/mol. The van der Waals surface area contributed by atoms with Gasteiger partial charge in [-0.25, -0.2) is 8.78 Å². The fourth-order valence-corrected chi connectivity index (χ4v) is 3.52. The Kier molecular flexibility index (Phi) is 6.47.